The van der Waals surface area contributed by atoms with E-state index in [1.807, 2.05) is 0 Å². The minimum Gasteiger partial charge on any atom is -0.267 e. The summed E-state index contributed by atoms with van der Waals surface area (Å²) >= 11 is 0. The SMILES string of the molecule is NS(=O)(=O)c1ccc2ccccc2c(=O)n1. The molecule has 0 aliphatic rings. The van der Waals surface area contributed by atoms with Gasteiger partial charge in [-0.15, -0.1) is 0 Å². The first kappa shape index (κ1) is 10.7. The lowest BCUT2D eigenvalue weighted by atomic mass is 10.2. The van der Waals surface area contributed by atoms with Crippen molar-refractivity contribution in [3.8, 4) is 0 Å². The van der Waals surface area contributed by atoms with Crippen molar-refractivity contribution in [2.45, 2.75) is 5.03 Å². The summed E-state index contributed by atoms with van der Waals surface area (Å²) in [6, 6.07) is 9.44. The van der Waals surface area contributed by atoms with Gasteiger partial charge in [-0.2, -0.15) is 4.98 Å². The maximum Gasteiger partial charge on any atom is 0.278 e. The van der Waals surface area contributed by atoms with Gasteiger partial charge in [0.15, 0.2) is 5.03 Å². The van der Waals surface area contributed by atoms with E-state index < -0.39 is 20.6 Å². The average molecular weight is 236 g/mol. The number of nitrogens with zero attached hydrogens (tertiary/aromatic N) is 1. The summed E-state index contributed by atoms with van der Waals surface area (Å²) in [5, 5.41) is 5.47. The lowest BCUT2D eigenvalue weighted by Crippen LogP contribution is -2.16. The maximum atomic E-state index is 11.6. The zero-order chi connectivity index (χ0) is 11.8. The Kier molecular flexibility index (Phi) is 2.45. The molecule has 6 heteroatoms. The number of hydrogen-bond donors (Lipinski definition) is 1. The van der Waals surface area contributed by atoms with Gasteiger partial charge in [-0.05, 0) is 17.5 Å². The fourth-order valence-electron chi connectivity index (χ4n) is 1.35. The minimum atomic E-state index is -3.96. The van der Waals surface area contributed by atoms with Crippen LogP contribution in [0.2, 0.25) is 0 Å². The van der Waals surface area contributed by atoms with Crippen molar-refractivity contribution in [2.24, 2.45) is 5.14 Å². The van der Waals surface area contributed by atoms with Gasteiger partial charge >= 0.3 is 0 Å². The van der Waals surface area contributed by atoms with Gasteiger partial charge in [0.05, 0.1) is 0 Å². The normalized spacial score (nSPS) is 11.6. The molecule has 0 aliphatic heterocycles. The van der Waals surface area contributed by atoms with Gasteiger partial charge in [-0.1, -0.05) is 24.3 Å². The second-order valence-electron chi connectivity index (χ2n) is 3.22. The highest BCUT2D eigenvalue weighted by Gasteiger charge is 2.09. The molecule has 0 saturated heterocycles. The summed E-state index contributed by atoms with van der Waals surface area (Å²) < 4.78 is 22.2. The summed E-state index contributed by atoms with van der Waals surface area (Å²) in [6.45, 7) is 0. The molecule has 1 aromatic carbocycles. The molecule has 2 rings (SSSR count). The standard InChI is InChI=1S/C10H8N2O3S/c11-16(14,15)9-6-5-7-3-1-2-4-8(7)10(13)12-9/h1-6H,(H2,11,14,15). The third kappa shape index (κ3) is 1.93. The highest BCUT2D eigenvalue weighted by atomic mass is 32.2. The molecule has 0 bridgehead atoms. The Labute approximate surface area is 91.6 Å². The monoisotopic (exact) mass is 236 g/mol. The van der Waals surface area contributed by atoms with E-state index in [-0.39, 0.29) is 0 Å². The van der Waals surface area contributed by atoms with Crippen LogP contribution >= 0.6 is 0 Å². The number of sulfonamides is 1. The van der Waals surface area contributed by atoms with Gasteiger partial charge in [-0.3, -0.25) is 4.79 Å². The van der Waals surface area contributed by atoms with Crippen LogP contribution in [0.1, 0.15) is 0 Å². The Balaban J connectivity index is 2.95. The Hall–Kier alpha value is -1.79. The van der Waals surface area contributed by atoms with Crippen molar-refractivity contribution in [3.63, 3.8) is 0 Å². The summed E-state index contributed by atoms with van der Waals surface area (Å²) in [6.07, 6.45) is 0. The third-order valence-corrected chi connectivity index (χ3v) is 2.91. The van der Waals surface area contributed by atoms with Crippen LogP contribution in [0.3, 0.4) is 0 Å². The van der Waals surface area contributed by atoms with Gasteiger partial charge < -0.3 is 0 Å². The molecule has 2 N–H and O–H groups in total. The largest absolute Gasteiger partial charge is 0.278 e. The molecule has 0 radical (unpaired) electrons. The van der Waals surface area contributed by atoms with Crippen molar-refractivity contribution in [1.29, 1.82) is 0 Å². The number of hydrogen-bond acceptors (Lipinski definition) is 4. The van der Waals surface area contributed by atoms with Gasteiger partial charge in [0.2, 0.25) is 0 Å². The van der Waals surface area contributed by atoms with E-state index in [1.54, 1.807) is 24.3 Å². The molecule has 0 saturated carbocycles. The molecule has 5 nitrogen and oxygen atoms in total. The van der Waals surface area contributed by atoms with Crippen molar-refractivity contribution < 1.29 is 8.42 Å². The van der Waals surface area contributed by atoms with Crippen LogP contribution in [0.5, 0.6) is 0 Å². The van der Waals surface area contributed by atoms with Crippen molar-refractivity contribution in [3.05, 3.63) is 46.8 Å². The van der Waals surface area contributed by atoms with E-state index in [2.05, 4.69) is 4.98 Å². The van der Waals surface area contributed by atoms with E-state index in [4.69, 9.17) is 5.14 Å². The Morgan fingerprint density at radius 3 is 2.44 bits per heavy atom. The fraction of sp³-hybridized carbons (Fsp3) is 0. The highest BCUT2D eigenvalue weighted by Crippen LogP contribution is 2.08. The minimum absolute atomic E-state index is 0.359. The maximum absolute atomic E-state index is 11.6. The lowest BCUT2D eigenvalue weighted by molar-refractivity contribution is 0.594. The van der Waals surface area contributed by atoms with E-state index in [0.717, 1.165) is 0 Å². The van der Waals surface area contributed by atoms with Crippen molar-refractivity contribution >= 4 is 20.8 Å². The first-order valence-electron chi connectivity index (χ1n) is 4.41. The number of rotatable bonds is 1. The molecule has 0 amide bonds. The quantitative estimate of drug-likeness (QED) is 0.768. The summed E-state index contributed by atoms with van der Waals surface area (Å²) in [4.78, 5) is 15.1. The van der Waals surface area contributed by atoms with Crippen LogP contribution in [0.25, 0.3) is 10.8 Å². The van der Waals surface area contributed by atoms with Crippen LogP contribution in [0.4, 0.5) is 0 Å². The van der Waals surface area contributed by atoms with E-state index >= 15 is 0 Å². The fourth-order valence-corrected chi connectivity index (χ4v) is 1.82. The van der Waals surface area contributed by atoms with Crippen LogP contribution < -0.4 is 10.7 Å². The topological polar surface area (TPSA) is 90.1 Å². The van der Waals surface area contributed by atoms with Gasteiger partial charge in [0.1, 0.15) is 0 Å². The molecule has 0 unspecified atom stereocenters. The van der Waals surface area contributed by atoms with Crippen LogP contribution in [0.15, 0.2) is 46.2 Å². The molecule has 0 aliphatic carbocycles. The van der Waals surface area contributed by atoms with Crippen LogP contribution in [-0.4, -0.2) is 13.4 Å². The van der Waals surface area contributed by atoms with E-state index in [0.29, 0.717) is 10.8 Å². The van der Waals surface area contributed by atoms with Gasteiger partial charge in [-0.25, -0.2) is 13.6 Å². The molecule has 0 fully saturated rings. The summed E-state index contributed by atoms with van der Waals surface area (Å²) in [5.41, 5.74) is -0.607. The second-order valence-corrected chi connectivity index (χ2v) is 4.73. The molecule has 0 atom stereocenters. The number of fused-ring (bicyclic) bond motifs is 1. The molecule has 1 heterocycles. The predicted octanol–water partition coefficient (Wildman–Crippen LogP) is 0.242. The van der Waals surface area contributed by atoms with E-state index in [1.165, 1.54) is 12.1 Å². The highest BCUT2D eigenvalue weighted by molar-refractivity contribution is 7.89. The third-order valence-electron chi connectivity index (χ3n) is 2.10. The smallest absolute Gasteiger partial charge is 0.267 e. The molecule has 2 aromatic rings. The molecule has 16 heavy (non-hydrogen) atoms. The first-order chi connectivity index (χ1) is 7.48. The molecule has 0 spiro atoms. The zero-order valence-corrected chi connectivity index (χ0v) is 8.94. The summed E-state index contributed by atoms with van der Waals surface area (Å²) in [7, 11) is -3.96. The molecular weight excluding hydrogens is 228 g/mol. The number of aromatic nitrogens is 1. The number of benzene rings is 1. The van der Waals surface area contributed by atoms with Gasteiger partial charge in [0.25, 0.3) is 15.6 Å². The Morgan fingerprint density at radius 2 is 1.75 bits per heavy atom. The molecule has 82 valence electrons. The predicted molar refractivity (Wildman–Crippen MR) is 59.4 cm³/mol. The Morgan fingerprint density at radius 1 is 1.06 bits per heavy atom. The lowest BCUT2D eigenvalue weighted by Gasteiger charge is -1.88. The Bertz CT molecular complexity index is 710. The van der Waals surface area contributed by atoms with Crippen molar-refractivity contribution in [2.75, 3.05) is 0 Å². The summed E-state index contributed by atoms with van der Waals surface area (Å²) in [5.74, 6) is 0. The molecular formula is C10H8N2O3S. The molecule has 1 aromatic heterocycles. The second kappa shape index (κ2) is 3.66. The average Bonchev–Trinajstić information content (AvgIpc) is 2.38. The van der Waals surface area contributed by atoms with Crippen LogP contribution in [0, 0.1) is 0 Å². The van der Waals surface area contributed by atoms with Crippen LogP contribution in [-0.2, 0) is 10.0 Å². The first-order valence-corrected chi connectivity index (χ1v) is 5.96. The number of nitrogens with two attached hydrogens (primary N) is 1. The van der Waals surface area contributed by atoms with Gasteiger partial charge in [0, 0.05) is 5.39 Å². The van der Waals surface area contributed by atoms with Crippen molar-refractivity contribution in [1.82, 2.24) is 4.98 Å². The zero-order valence-electron chi connectivity index (χ0n) is 8.12. The number of primary sulfonamides is 1. The van der Waals surface area contributed by atoms with E-state index in [9.17, 15) is 13.2 Å².